The van der Waals surface area contributed by atoms with Crippen LogP contribution in [0.5, 0.6) is 0 Å². The summed E-state index contributed by atoms with van der Waals surface area (Å²) in [5.41, 5.74) is 0.340. The van der Waals surface area contributed by atoms with Crippen molar-refractivity contribution in [2.24, 2.45) is 0 Å². The van der Waals surface area contributed by atoms with Crippen LogP contribution in [0.3, 0.4) is 0 Å². The zero-order valence-electron chi connectivity index (χ0n) is 10.5. The number of amides is 2. The number of nitrogens with one attached hydrogen (secondary N) is 1. The summed E-state index contributed by atoms with van der Waals surface area (Å²) >= 11 is 12.1. The van der Waals surface area contributed by atoms with Gasteiger partial charge in [0.2, 0.25) is 11.8 Å². The monoisotopic (exact) mass is 300 g/mol. The Labute approximate surface area is 122 Å². The third-order valence-corrected chi connectivity index (χ3v) is 2.94. The number of anilines is 1. The van der Waals surface area contributed by atoms with Gasteiger partial charge >= 0.3 is 0 Å². The molecule has 0 heterocycles. The minimum Gasteiger partial charge on any atom is -0.351 e. The molecule has 0 fully saturated rings. The van der Waals surface area contributed by atoms with E-state index in [9.17, 15) is 9.59 Å². The van der Waals surface area contributed by atoms with E-state index >= 15 is 0 Å². The van der Waals surface area contributed by atoms with Crippen LogP contribution in [-0.4, -0.2) is 24.9 Å². The number of benzene rings is 1. The summed E-state index contributed by atoms with van der Waals surface area (Å²) in [4.78, 5) is 24.6. The SMILES string of the molecule is C=CCNC(=O)CN(C(C)=O)c1c(Cl)cccc1Cl. The molecule has 1 aromatic rings. The molecular weight excluding hydrogens is 287 g/mol. The smallest absolute Gasteiger partial charge is 0.240 e. The molecule has 6 heteroatoms. The molecule has 4 nitrogen and oxygen atoms in total. The van der Waals surface area contributed by atoms with Gasteiger partial charge in [-0.1, -0.05) is 35.3 Å². The molecular formula is C13H14Cl2N2O2. The normalized spacial score (nSPS) is 9.84. The second-order valence-corrected chi connectivity index (χ2v) is 4.58. The molecule has 0 spiro atoms. The molecule has 19 heavy (non-hydrogen) atoms. The standard InChI is InChI=1S/C13H14Cl2N2O2/c1-3-7-16-12(19)8-17(9(2)18)13-10(14)5-4-6-11(13)15/h3-6H,1,7-8H2,2H3,(H,16,19). The minimum absolute atomic E-state index is 0.146. The predicted octanol–water partition coefficient (Wildman–Crippen LogP) is 2.65. The molecule has 2 amide bonds. The summed E-state index contributed by atoms with van der Waals surface area (Å²) in [5, 5.41) is 3.23. The maximum atomic E-state index is 11.7. The van der Waals surface area contributed by atoms with Gasteiger partial charge in [-0.2, -0.15) is 0 Å². The number of carbonyl (C=O) groups is 2. The number of nitrogens with zero attached hydrogens (tertiary/aromatic N) is 1. The molecule has 1 aromatic carbocycles. The lowest BCUT2D eigenvalue weighted by Crippen LogP contribution is -2.40. The van der Waals surface area contributed by atoms with Crippen molar-refractivity contribution in [2.45, 2.75) is 6.92 Å². The summed E-state index contributed by atoms with van der Waals surface area (Å²) < 4.78 is 0. The van der Waals surface area contributed by atoms with E-state index in [0.29, 0.717) is 22.3 Å². The van der Waals surface area contributed by atoms with Crippen molar-refractivity contribution in [3.8, 4) is 0 Å². The molecule has 0 radical (unpaired) electrons. The van der Waals surface area contributed by atoms with Gasteiger partial charge < -0.3 is 10.2 Å². The van der Waals surface area contributed by atoms with Crippen LogP contribution >= 0.6 is 23.2 Å². The molecule has 0 atom stereocenters. The lowest BCUT2D eigenvalue weighted by atomic mass is 10.2. The van der Waals surface area contributed by atoms with Gasteiger partial charge in [0.05, 0.1) is 15.7 Å². The second-order valence-electron chi connectivity index (χ2n) is 3.77. The first kappa shape index (κ1) is 15.5. The second kappa shape index (κ2) is 7.16. The van der Waals surface area contributed by atoms with Crippen LogP contribution in [0.2, 0.25) is 10.0 Å². The Morgan fingerprint density at radius 1 is 1.37 bits per heavy atom. The van der Waals surface area contributed by atoms with E-state index in [0.717, 1.165) is 0 Å². The molecule has 0 saturated carbocycles. The molecule has 0 saturated heterocycles. The number of para-hydroxylation sites is 1. The highest BCUT2D eigenvalue weighted by atomic mass is 35.5. The summed E-state index contributed by atoms with van der Waals surface area (Å²) in [6.45, 7) is 5.03. The Balaban J connectivity index is 2.98. The number of rotatable bonds is 5. The number of hydrogen-bond acceptors (Lipinski definition) is 2. The van der Waals surface area contributed by atoms with Crippen molar-refractivity contribution in [3.63, 3.8) is 0 Å². The van der Waals surface area contributed by atoms with Crippen LogP contribution in [0.1, 0.15) is 6.92 Å². The molecule has 0 aliphatic carbocycles. The van der Waals surface area contributed by atoms with E-state index in [1.807, 2.05) is 0 Å². The molecule has 0 aromatic heterocycles. The van der Waals surface area contributed by atoms with Crippen molar-refractivity contribution < 1.29 is 9.59 Å². The average molecular weight is 301 g/mol. The van der Waals surface area contributed by atoms with E-state index in [1.165, 1.54) is 11.8 Å². The predicted molar refractivity (Wildman–Crippen MR) is 77.7 cm³/mol. The summed E-state index contributed by atoms with van der Waals surface area (Å²) in [6.07, 6.45) is 1.55. The largest absolute Gasteiger partial charge is 0.351 e. The fraction of sp³-hybridized carbons (Fsp3) is 0.231. The third kappa shape index (κ3) is 4.26. The Hall–Kier alpha value is -1.52. The van der Waals surface area contributed by atoms with E-state index < -0.39 is 0 Å². The zero-order valence-corrected chi connectivity index (χ0v) is 12.0. The van der Waals surface area contributed by atoms with Crippen LogP contribution < -0.4 is 10.2 Å². The molecule has 0 bridgehead atoms. The average Bonchev–Trinajstić information content (AvgIpc) is 2.34. The van der Waals surface area contributed by atoms with Gasteiger partial charge in [0.1, 0.15) is 6.54 Å². The number of hydrogen-bond donors (Lipinski definition) is 1. The molecule has 1 rings (SSSR count). The lowest BCUT2D eigenvalue weighted by Gasteiger charge is -2.22. The molecule has 0 unspecified atom stereocenters. The first-order valence-electron chi connectivity index (χ1n) is 5.57. The van der Waals surface area contributed by atoms with Gasteiger partial charge in [-0.15, -0.1) is 6.58 Å². The summed E-state index contributed by atoms with van der Waals surface area (Å²) in [7, 11) is 0. The van der Waals surface area contributed by atoms with E-state index in [1.54, 1.807) is 24.3 Å². The van der Waals surface area contributed by atoms with Crippen LogP contribution in [-0.2, 0) is 9.59 Å². The maximum absolute atomic E-state index is 11.7. The fourth-order valence-electron chi connectivity index (χ4n) is 1.48. The highest BCUT2D eigenvalue weighted by Crippen LogP contribution is 2.33. The van der Waals surface area contributed by atoms with Crippen molar-refractivity contribution in [1.29, 1.82) is 0 Å². The van der Waals surface area contributed by atoms with E-state index in [-0.39, 0.29) is 18.4 Å². The Morgan fingerprint density at radius 2 is 1.95 bits per heavy atom. The van der Waals surface area contributed by atoms with Crippen LogP contribution in [0, 0.1) is 0 Å². The van der Waals surface area contributed by atoms with Crippen molar-refractivity contribution in [1.82, 2.24) is 5.32 Å². The summed E-state index contributed by atoms with van der Waals surface area (Å²) in [5.74, 6) is -0.630. The highest BCUT2D eigenvalue weighted by Gasteiger charge is 2.20. The molecule has 1 N–H and O–H groups in total. The molecule has 0 aliphatic heterocycles. The van der Waals surface area contributed by atoms with Crippen LogP contribution in [0.25, 0.3) is 0 Å². The van der Waals surface area contributed by atoms with E-state index in [2.05, 4.69) is 11.9 Å². The molecule has 0 aliphatic rings. The van der Waals surface area contributed by atoms with Gasteiger partial charge in [0.15, 0.2) is 0 Å². The van der Waals surface area contributed by atoms with Gasteiger partial charge in [-0.3, -0.25) is 9.59 Å². The van der Waals surface area contributed by atoms with Gasteiger partial charge in [-0.05, 0) is 12.1 Å². The van der Waals surface area contributed by atoms with Crippen molar-refractivity contribution >= 4 is 40.7 Å². The first-order chi connectivity index (χ1) is 8.97. The first-order valence-corrected chi connectivity index (χ1v) is 6.32. The van der Waals surface area contributed by atoms with Gasteiger partial charge in [0, 0.05) is 13.5 Å². The topological polar surface area (TPSA) is 49.4 Å². The number of halogens is 2. The number of carbonyl (C=O) groups excluding carboxylic acids is 2. The van der Waals surface area contributed by atoms with Crippen molar-refractivity contribution in [3.05, 3.63) is 40.9 Å². The van der Waals surface area contributed by atoms with Crippen LogP contribution in [0.15, 0.2) is 30.9 Å². The van der Waals surface area contributed by atoms with Crippen molar-refractivity contribution in [2.75, 3.05) is 18.0 Å². The quantitative estimate of drug-likeness (QED) is 0.850. The third-order valence-electron chi connectivity index (χ3n) is 2.33. The zero-order chi connectivity index (χ0) is 14.4. The highest BCUT2D eigenvalue weighted by molar-refractivity contribution is 6.40. The van der Waals surface area contributed by atoms with Gasteiger partial charge in [-0.25, -0.2) is 0 Å². The summed E-state index contributed by atoms with van der Waals surface area (Å²) in [6, 6.07) is 4.89. The van der Waals surface area contributed by atoms with E-state index in [4.69, 9.17) is 23.2 Å². The maximum Gasteiger partial charge on any atom is 0.240 e. The minimum atomic E-state index is -0.316. The Bertz CT molecular complexity index is 483. The van der Waals surface area contributed by atoms with Gasteiger partial charge in [0.25, 0.3) is 0 Å². The Morgan fingerprint density at radius 3 is 2.42 bits per heavy atom. The van der Waals surface area contributed by atoms with Crippen LogP contribution in [0.4, 0.5) is 5.69 Å². The lowest BCUT2D eigenvalue weighted by molar-refractivity contribution is -0.122. The fourth-order valence-corrected chi connectivity index (χ4v) is 2.08. The Kier molecular flexibility index (Phi) is 5.86. The molecule has 102 valence electrons.